The van der Waals surface area contributed by atoms with E-state index in [1.807, 2.05) is 12.3 Å². The Morgan fingerprint density at radius 2 is 1.07 bits per heavy atom. The van der Waals surface area contributed by atoms with Crippen LogP contribution in [0.2, 0.25) is 0 Å². The van der Waals surface area contributed by atoms with Gasteiger partial charge in [0.05, 0.1) is 11.0 Å². The fourth-order valence-corrected chi connectivity index (χ4v) is 7.71. The van der Waals surface area contributed by atoms with Crippen molar-refractivity contribution >= 4 is 10.8 Å². The minimum absolute atomic E-state index is 0.402. The van der Waals surface area contributed by atoms with Gasteiger partial charge in [0.15, 0.2) is 0 Å². The SMILES string of the molecule is N#Cc1cncc(-c2cccc(-c3cc4c(c5ccccc35)-c3ccccc3C43c4ccccc4-c4ccccc43)c2)c1. The molecule has 0 fully saturated rings. The first-order chi connectivity index (χ1) is 21.3. The number of benzene rings is 6. The van der Waals surface area contributed by atoms with Gasteiger partial charge in [0.1, 0.15) is 6.07 Å². The zero-order chi connectivity index (χ0) is 28.5. The van der Waals surface area contributed by atoms with Crippen LogP contribution in [0.25, 0.3) is 55.3 Å². The van der Waals surface area contributed by atoms with Crippen LogP contribution < -0.4 is 0 Å². The highest BCUT2D eigenvalue weighted by Crippen LogP contribution is 2.64. The maximum absolute atomic E-state index is 9.47. The monoisotopic (exact) mass is 544 g/mol. The number of fused-ring (bicyclic) bond motifs is 12. The number of pyridine rings is 1. The Balaban J connectivity index is 1.40. The van der Waals surface area contributed by atoms with Crippen LogP contribution in [0.3, 0.4) is 0 Å². The standard InChI is InChI=1S/C41H24N2/c42-23-26-20-29(25-43-24-26)27-10-9-11-28(21-27)35-22-39-40(33-15-2-1-12-30(33)35)34-16-5-8-19-38(34)41(39)36-17-6-3-13-31(36)32-14-4-7-18-37(32)41/h1-22,24-25H. The van der Waals surface area contributed by atoms with Gasteiger partial charge in [0.2, 0.25) is 0 Å². The van der Waals surface area contributed by atoms with Gasteiger partial charge in [0, 0.05) is 18.0 Å². The second-order valence-corrected chi connectivity index (χ2v) is 11.4. The molecule has 7 aromatic rings. The molecule has 2 aliphatic carbocycles. The molecule has 43 heavy (non-hydrogen) atoms. The van der Waals surface area contributed by atoms with Crippen molar-refractivity contribution in [3.63, 3.8) is 0 Å². The lowest BCUT2D eigenvalue weighted by molar-refractivity contribution is 0.794. The van der Waals surface area contributed by atoms with Crippen LogP contribution in [0.15, 0.2) is 146 Å². The molecule has 0 atom stereocenters. The first-order valence-corrected chi connectivity index (χ1v) is 14.6. The lowest BCUT2D eigenvalue weighted by Gasteiger charge is -2.31. The molecular formula is C41H24N2. The van der Waals surface area contributed by atoms with Gasteiger partial charge in [-0.3, -0.25) is 4.98 Å². The van der Waals surface area contributed by atoms with Crippen molar-refractivity contribution < 1.29 is 0 Å². The van der Waals surface area contributed by atoms with Crippen LogP contribution in [-0.2, 0) is 5.41 Å². The number of rotatable bonds is 2. The second-order valence-electron chi connectivity index (χ2n) is 11.4. The number of hydrogen-bond donors (Lipinski definition) is 0. The van der Waals surface area contributed by atoms with E-state index in [2.05, 4.69) is 138 Å². The topological polar surface area (TPSA) is 36.7 Å². The summed E-state index contributed by atoms with van der Waals surface area (Å²) in [6, 6.07) is 50.9. The number of nitrogens with zero attached hydrogens (tertiary/aromatic N) is 2. The van der Waals surface area contributed by atoms with E-state index in [-0.39, 0.29) is 0 Å². The van der Waals surface area contributed by atoms with E-state index >= 15 is 0 Å². The van der Waals surface area contributed by atoms with Gasteiger partial charge in [-0.2, -0.15) is 5.26 Å². The van der Waals surface area contributed by atoms with E-state index < -0.39 is 5.41 Å². The third kappa shape index (κ3) is 3.14. The predicted octanol–water partition coefficient (Wildman–Crippen LogP) is 9.78. The summed E-state index contributed by atoms with van der Waals surface area (Å²) >= 11 is 0. The molecule has 2 nitrogen and oxygen atoms in total. The molecule has 9 rings (SSSR count). The Bertz CT molecular complexity index is 2280. The number of aromatic nitrogens is 1. The summed E-state index contributed by atoms with van der Waals surface area (Å²) in [7, 11) is 0. The highest BCUT2D eigenvalue weighted by molar-refractivity contribution is 6.11. The Morgan fingerprint density at radius 3 is 1.79 bits per heavy atom. The molecule has 1 heterocycles. The van der Waals surface area contributed by atoms with Gasteiger partial charge in [-0.15, -0.1) is 0 Å². The summed E-state index contributed by atoms with van der Waals surface area (Å²) in [5, 5.41) is 12.0. The summed E-state index contributed by atoms with van der Waals surface area (Å²) < 4.78 is 0. The molecule has 1 aromatic heterocycles. The van der Waals surface area contributed by atoms with E-state index in [1.54, 1.807) is 6.20 Å². The molecule has 0 saturated heterocycles. The van der Waals surface area contributed by atoms with Gasteiger partial charge in [0.25, 0.3) is 0 Å². The molecule has 2 heteroatoms. The first-order valence-electron chi connectivity index (χ1n) is 14.6. The summed E-state index contributed by atoms with van der Waals surface area (Å²) in [6.07, 6.45) is 3.44. The summed E-state index contributed by atoms with van der Waals surface area (Å²) in [5.41, 5.74) is 15.1. The predicted molar refractivity (Wildman–Crippen MR) is 174 cm³/mol. The molecular weight excluding hydrogens is 520 g/mol. The normalized spacial score (nSPS) is 13.3. The molecule has 0 radical (unpaired) electrons. The zero-order valence-electron chi connectivity index (χ0n) is 23.3. The summed E-state index contributed by atoms with van der Waals surface area (Å²) in [6.45, 7) is 0. The van der Waals surface area contributed by atoms with Crippen LogP contribution in [0.1, 0.15) is 27.8 Å². The lowest BCUT2D eigenvalue weighted by Crippen LogP contribution is -2.25. The van der Waals surface area contributed by atoms with Gasteiger partial charge in [-0.25, -0.2) is 0 Å². The molecule has 0 amide bonds. The summed E-state index contributed by atoms with van der Waals surface area (Å²) in [4.78, 5) is 4.32. The molecule has 6 aromatic carbocycles. The van der Waals surface area contributed by atoms with Crippen molar-refractivity contribution in [2.75, 3.05) is 0 Å². The van der Waals surface area contributed by atoms with Crippen LogP contribution in [0.5, 0.6) is 0 Å². The lowest BCUT2D eigenvalue weighted by atomic mass is 9.70. The molecule has 0 unspecified atom stereocenters. The molecule has 0 aliphatic heterocycles. The average Bonchev–Trinajstić information content (AvgIpc) is 3.55. The van der Waals surface area contributed by atoms with Gasteiger partial charge < -0.3 is 0 Å². The maximum atomic E-state index is 9.47. The number of nitriles is 1. The third-order valence-corrected chi connectivity index (χ3v) is 9.38. The van der Waals surface area contributed by atoms with E-state index in [4.69, 9.17) is 0 Å². The summed E-state index contributed by atoms with van der Waals surface area (Å²) in [5.74, 6) is 0. The Hall–Kier alpha value is -5.78. The molecule has 0 N–H and O–H groups in total. The Labute approximate surface area is 250 Å². The number of hydrogen-bond acceptors (Lipinski definition) is 2. The van der Waals surface area contributed by atoms with Crippen molar-refractivity contribution in [1.29, 1.82) is 5.26 Å². The molecule has 0 bridgehead atoms. The van der Waals surface area contributed by atoms with Crippen molar-refractivity contribution in [3.8, 4) is 50.6 Å². The van der Waals surface area contributed by atoms with Crippen LogP contribution in [0.4, 0.5) is 0 Å². The fraction of sp³-hybridized carbons (Fsp3) is 0.0244. The Morgan fingerprint density at radius 1 is 0.465 bits per heavy atom. The van der Waals surface area contributed by atoms with E-state index in [0.29, 0.717) is 5.56 Å². The van der Waals surface area contributed by atoms with Gasteiger partial charge >= 0.3 is 0 Å². The highest BCUT2D eigenvalue weighted by atomic mass is 14.6. The molecule has 198 valence electrons. The fourth-order valence-electron chi connectivity index (χ4n) is 7.71. The minimum Gasteiger partial charge on any atom is -0.263 e. The van der Waals surface area contributed by atoms with E-state index in [0.717, 1.165) is 16.7 Å². The van der Waals surface area contributed by atoms with Gasteiger partial charge in [-0.05, 0) is 90.2 Å². The van der Waals surface area contributed by atoms with Crippen LogP contribution in [0, 0.1) is 11.3 Å². The third-order valence-electron chi connectivity index (χ3n) is 9.38. The Kier molecular flexibility index (Phi) is 4.92. The van der Waals surface area contributed by atoms with Gasteiger partial charge in [-0.1, -0.05) is 115 Å². The second kappa shape index (κ2) is 8.86. The average molecular weight is 545 g/mol. The van der Waals surface area contributed by atoms with Crippen molar-refractivity contribution in [1.82, 2.24) is 4.98 Å². The molecule has 0 saturated carbocycles. The van der Waals surface area contributed by atoms with Crippen LogP contribution >= 0.6 is 0 Å². The van der Waals surface area contributed by atoms with Crippen molar-refractivity contribution in [2.24, 2.45) is 0 Å². The smallest absolute Gasteiger partial charge is 0.101 e. The largest absolute Gasteiger partial charge is 0.263 e. The minimum atomic E-state index is -0.402. The quantitative estimate of drug-likeness (QED) is 0.217. The first kappa shape index (κ1) is 23.9. The van der Waals surface area contributed by atoms with Crippen LogP contribution in [-0.4, -0.2) is 4.98 Å². The maximum Gasteiger partial charge on any atom is 0.101 e. The van der Waals surface area contributed by atoms with E-state index in [1.165, 1.54) is 60.8 Å². The van der Waals surface area contributed by atoms with E-state index in [9.17, 15) is 5.26 Å². The molecule has 1 spiro atoms. The van der Waals surface area contributed by atoms with Crippen molar-refractivity contribution in [3.05, 3.63) is 174 Å². The molecule has 2 aliphatic rings. The highest BCUT2D eigenvalue weighted by Gasteiger charge is 2.52. The van der Waals surface area contributed by atoms with Crippen molar-refractivity contribution in [2.45, 2.75) is 5.41 Å². The zero-order valence-corrected chi connectivity index (χ0v) is 23.3.